The maximum absolute atomic E-state index is 11.8. The molecule has 0 spiro atoms. The van der Waals surface area contributed by atoms with Crippen molar-refractivity contribution in [1.29, 1.82) is 0 Å². The molecule has 1 heterocycles. The van der Waals surface area contributed by atoms with Crippen LogP contribution in [0.1, 0.15) is 26.2 Å². The Morgan fingerprint density at radius 3 is 2.88 bits per heavy atom. The first-order chi connectivity index (χ1) is 8.13. The highest BCUT2D eigenvalue weighted by Gasteiger charge is 2.25. The van der Waals surface area contributed by atoms with Crippen molar-refractivity contribution in [3.8, 4) is 0 Å². The molecule has 0 radical (unpaired) electrons. The highest BCUT2D eigenvalue weighted by molar-refractivity contribution is 5.82. The van der Waals surface area contributed by atoms with Gasteiger partial charge >= 0.3 is 5.97 Å². The van der Waals surface area contributed by atoms with Gasteiger partial charge in [0.2, 0.25) is 5.91 Å². The number of carbonyl (C=O) groups excluding carboxylic acids is 1. The fraction of sp³-hybridized carbons (Fsp3) is 0.818. The summed E-state index contributed by atoms with van der Waals surface area (Å²) in [5, 5.41) is 14.5. The maximum atomic E-state index is 11.8. The van der Waals surface area contributed by atoms with Crippen molar-refractivity contribution in [2.45, 2.75) is 38.3 Å². The summed E-state index contributed by atoms with van der Waals surface area (Å²) < 4.78 is 5.16. The molecule has 0 aliphatic carbocycles. The van der Waals surface area contributed by atoms with Crippen molar-refractivity contribution >= 4 is 11.9 Å². The molecule has 17 heavy (non-hydrogen) atoms. The third-order valence-corrected chi connectivity index (χ3v) is 2.67. The Morgan fingerprint density at radius 1 is 1.59 bits per heavy atom. The molecule has 1 rings (SSSR count). The number of aliphatic carboxylic acids is 1. The van der Waals surface area contributed by atoms with Crippen molar-refractivity contribution in [3.05, 3.63) is 0 Å². The molecule has 1 aliphatic rings. The van der Waals surface area contributed by atoms with Crippen LogP contribution in [0.3, 0.4) is 0 Å². The summed E-state index contributed by atoms with van der Waals surface area (Å²) in [5.74, 6) is -1.07. The predicted molar refractivity (Wildman–Crippen MR) is 61.7 cm³/mol. The quantitative estimate of drug-likeness (QED) is 0.574. The van der Waals surface area contributed by atoms with Gasteiger partial charge in [0.1, 0.15) is 0 Å². The van der Waals surface area contributed by atoms with Crippen molar-refractivity contribution in [2.24, 2.45) is 0 Å². The van der Waals surface area contributed by atoms with E-state index in [9.17, 15) is 9.59 Å². The van der Waals surface area contributed by atoms with Crippen LogP contribution >= 0.6 is 0 Å². The van der Waals surface area contributed by atoms with Crippen LogP contribution < -0.4 is 10.6 Å². The fourth-order valence-electron chi connectivity index (χ4n) is 1.83. The second kappa shape index (κ2) is 7.24. The van der Waals surface area contributed by atoms with Crippen LogP contribution in [0.2, 0.25) is 0 Å². The standard InChI is InChI=1S/C11H20N2O4/c1-2-17-7-8(6-10(14)15)13-11(16)9-4-3-5-12-9/h8-9,12H,2-7H2,1H3,(H,13,16)(H,14,15). The number of nitrogens with one attached hydrogen (secondary N) is 2. The normalized spacial score (nSPS) is 21.1. The number of hydrogen-bond donors (Lipinski definition) is 3. The molecule has 98 valence electrons. The first-order valence-electron chi connectivity index (χ1n) is 5.96. The zero-order valence-corrected chi connectivity index (χ0v) is 10.1. The molecule has 0 bridgehead atoms. The van der Waals surface area contributed by atoms with E-state index in [-0.39, 0.29) is 25.0 Å². The summed E-state index contributed by atoms with van der Waals surface area (Å²) >= 11 is 0. The lowest BCUT2D eigenvalue weighted by Crippen LogP contribution is -2.47. The Kier molecular flexibility index (Phi) is 5.93. The van der Waals surface area contributed by atoms with Gasteiger partial charge in [0.25, 0.3) is 0 Å². The van der Waals surface area contributed by atoms with Gasteiger partial charge in [-0.1, -0.05) is 0 Å². The topological polar surface area (TPSA) is 87.7 Å². The molecule has 1 aliphatic heterocycles. The average Bonchev–Trinajstić information content (AvgIpc) is 2.78. The van der Waals surface area contributed by atoms with Gasteiger partial charge in [0, 0.05) is 6.61 Å². The van der Waals surface area contributed by atoms with E-state index in [1.54, 1.807) is 0 Å². The summed E-state index contributed by atoms with van der Waals surface area (Å²) in [4.78, 5) is 22.4. The smallest absolute Gasteiger partial charge is 0.305 e. The first kappa shape index (κ1) is 13.9. The maximum Gasteiger partial charge on any atom is 0.305 e. The van der Waals surface area contributed by atoms with Crippen LogP contribution in [-0.4, -0.2) is 48.8 Å². The first-order valence-corrected chi connectivity index (χ1v) is 5.96. The van der Waals surface area contributed by atoms with Gasteiger partial charge in [-0.25, -0.2) is 0 Å². The van der Waals surface area contributed by atoms with Crippen LogP contribution in [0.4, 0.5) is 0 Å². The summed E-state index contributed by atoms with van der Waals surface area (Å²) in [6.07, 6.45) is 1.67. The average molecular weight is 244 g/mol. The van der Waals surface area contributed by atoms with E-state index in [1.165, 1.54) is 0 Å². The number of amides is 1. The van der Waals surface area contributed by atoms with E-state index in [4.69, 9.17) is 9.84 Å². The number of rotatable bonds is 7. The summed E-state index contributed by atoms with van der Waals surface area (Å²) in [7, 11) is 0. The van der Waals surface area contributed by atoms with E-state index in [0.29, 0.717) is 6.61 Å². The summed E-state index contributed by atoms with van der Waals surface area (Å²) in [6.45, 7) is 3.42. The van der Waals surface area contributed by atoms with E-state index in [0.717, 1.165) is 19.4 Å². The lowest BCUT2D eigenvalue weighted by atomic mass is 10.1. The summed E-state index contributed by atoms with van der Waals surface area (Å²) in [6, 6.07) is -0.643. The Labute approximate surface area is 101 Å². The van der Waals surface area contributed by atoms with E-state index >= 15 is 0 Å². The third-order valence-electron chi connectivity index (χ3n) is 2.67. The molecule has 6 nitrogen and oxygen atoms in total. The fourth-order valence-corrected chi connectivity index (χ4v) is 1.83. The van der Waals surface area contributed by atoms with Gasteiger partial charge in [-0.15, -0.1) is 0 Å². The lowest BCUT2D eigenvalue weighted by molar-refractivity contribution is -0.138. The van der Waals surface area contributed by atoms with Crippen LogP contribution in [-0.2, 0) is 14.3 Å². The Hall–Kier alpha value is -1.14. The SMILES string of the molecule is CCOCC(CC(=O)O)NC(=O)C1CCCN1. The van der Waals surface area contributed by atoms with Crippen molar-refractivity contribution in [2.75, 3.05) is 19.8 Å². The van der Waals surface area contributed by atoms with Crippen molar-refractivity contribution in [1.82, 2.24) is 10.6 Å². The molecule has 0 saturated carbocycles. The highest BCUT2D eigenvalue weighted by Crippen LogP contribution is 2.05. The molecule has 1 amide bonds. The van der Waals surface area contributed by atoms with Crippen LogP contribution in [0, 0.1) is 0 Å². The number of carboxylic acid groups (broad SMARTS) is 1. The Bertz CT molecular complexity index is 264. The predicted octanol–water partition coefficient (Wildman–Crippen LogP) is -0.266. The molecule has 1 fully saturated rings. The lowest BCUT2D eigenvalue weighted by Gasteiger charge is -2.19. The molecule has 2 unspecified atom stereocenters. The highest BCUT2D eigenvalue weighted by atomic mass is 16.5. The number of carbonyl (C=O) groups is 2. The zero-order valence-electron chi connectivity index (χ0n) is 10.1. The number of carboxylic acids is 1. The molecule has 1 saturated heterocycles. The van der Waals surface area contributed by atoms with Crippen LogP contribution in [0.5, 0.6) is 0 Å². The second-order valence-corrected chi connectivity index (χ2v) is 4.11. The summed E-state index contributed by atoms with van der Waals surface area (Å²) in [5.41, 5.74) is 0. The third kappa shape index (κ3) is 5.14. The Balaban J connectivity index is 2.39. The molecule has 3 N–H and O–H groups in total. The molecular weight excluding hydrogens is 224 g/mol. The monoisotopic (exact) mass is 244 g/mol. The van der Waals surface area contributed by atoms with Crippen LogP contribution in [0.15, 0.2) is 0 Å². The zero-order chi connectivity index (χ0) is 12.7. The van der Waals surface area contributed by atoms with Gasteiger partial charge in [0.05, 0.1) is 25.1 Å². The minimum Gasteiger partial charge on any atom is -0.481 e. The largest absolute Gasteiger partial charge is 0.481 e. The van der Waals surface area contributed by atoms with Gasteiger partial charge in [-0.05, 0) is 26.3 Å². The molecular formula is C11H20N2O4. The molecule has 6 heteroatoms. The van der Waals surface area contributed by atoms with Gasteiger partial charge in [-0.2, -0.15) is 0 Å². The number of hydrogen-bond acceptors (Lipinski definition) is 4. The van der Waals surface area contributed by atoms with E-state index < -0.39 is 12.0 Å². The van der Waals surface area contributed by atoms with Gasteiger partial charge in [0.15, 0.2) is 0 Å². The van der Waals surface area contributed by atoms with Crippen molar-refractivity contribution in [3.63, 3.8) is 0 Å². The minimum atomic E-state index is -0.936. The van der Waals surface area contributed by atoms with Gasteiger partial charge < -0.3 is 20.5 Å². The van der Waals surface area contributed by atoms with Gasteiger partial charge in [-0.3, -0.25) is 9.59 Å². The number of ether oxygens (including phenoxy) is 1. The van der Waals surface area contributed by atoms with E-state index in [1.807, 2.05) is 6.92 Å². The molecule has 0 aromatic rings. The molecule has 0 aromatic heterocycles. The van der Waals surface area contributed by atoms with Crippen LogP contribution in [0.25, 0.3) is 0 Å². The molecule has 0 aromatic carbocycles. The minimum absolute atomic E-state index is 0.113. The molecule has 2 atom stereocenters. The van der Waals surface area contributed by atoms with Crippen molar-refractivity contribution < 1.29 is 19.4 Å². The second-order valence-electron chi connectivity index (χ2n) is 4.11. The van der Waals surface area contributed by atoms with E-state index in [2.05, 4.69) is 10.6 Å². The Morgan fingerprint density at radius 2 is 2.35 bits per heavy atom.